The van der Waals surface area contributed by atoms with Gasteiger partial charge in [-0.15, -0.1) is 0 Å². The molecule has 2 aromatic heterocycles. The van der Waals surface area contributed by atoms with Crippen molar-refractivity contribution >= 4 is 11.6 Å². The standard InChI is InChI=1S/C15H14N4O2/c16-12-1-3-13(4-2-12)19-7-5-14(18-19)15(20)17-9-11-6-8-21-10-11/h1-8,10H,9,16H2,(H,17,20). The summed E-state index contributed by atoms with van der Waals surface area (Å²) in [5, 5.41) is 7.03. The number of carbonyl (C=O) groups excluding carboxylic acids is 1. The van der Waals surface area contributed by atoms with Crippen molar-refractivity contribution in [1.82, 2.24) is 15.1 Å². The summed E-state index contributed by atoms with van der Waals surface area (Å²) in [6, 6.07) is 10.7. The monoisotopic (exact) mass is 282 g/mol. The maximum atomic E-state index is 12.0. The highest BCUT2D eigenvalue weighted by Crippen LogP contribution is 2.10. The first kappa shape index (κ1) is 13.0. The van der Waals surface area contributed by atoms with Crippen LogP contribution in [0.5, 0.6) is 0 Å². The quantitative estimate of drug-likeness (QED) is 0.716. The lowest BCUT2D eigenvalue weighted by Crippen LogP contribution is -2.23. The number of nitrogens with zero attached hydrogens (tertiary/aromatic N) is 2. The predicted octanol–water partition coefficient (Wildman–Crippen LogP) is 1.98. The number of nitrogen functional groups attached to an aromatic ring is 1. The van der Waals surface area contributed by atoms with Gasteiger partial charge in [-0.25, -0.2) is 4.68 Å². The van der Waals surface area contributed by atoms with Gasteiger partial charge >= 0.3 is 0 Å². The van der Waals surface area contributed by atoms with Crippen LogP contribution in [0.25, 0.3) is 5.69 Å². The molecule has 1 amide bonds. The number of nitrogens with one attached hydrogen (secondary N) is 1. The second-order valence-electron chi connectivity index (χ2n) is 4.55. The fourth-order valence-corrected chi connectivity index (χ4v) is 1.88. The van der Waals surface area contributed by atoms with Crippen LogP contribution >= 0.6 is 0 Å². The maximum Gasteiger partial charge on any atom is 0.272 e. The molecule has 0 aliphatic rings. The third-order valence-electron chi connectivity index (χ3n) is 3.01. The lowest BCUT2D eigenvalue weighted by molar-refractivity contribution is 0.0945. The van der Waals surface area contributed by atoms with E-state index in [2.05, 4.69) is 10.4 Å². The van der Waals surface area contributed by atoms with E-state index in [9.17, 15) is 4.79 Å². The van der Waals surface area contributed by atoms with Crippen molar-refractivity contribution < 1.29 is 9.21 Å². The second-order valence-corrected chi connectivity index (χ2v) is 4.55. The Morgan fingerprint density at radius 2 is 2.05 bits per heavy atom. The molecule has 6 heteroatoms. The lowest BCUT2D eigenvalue weighted by atomic mass is 10.3. The van der Waals surface area contributed by atoms with Gasteiger partial charge in [0.15, 0.2) is 5.69 Å². The van der Waals surface area contributed by atoms with E-state index in [0.29, 0.717) is 17.9 Å². The molecule has 3 rings (SSSR count). The van der Waals surface area contributed by atoms with Gasteiger partial charge in [-0.2, -0.15) is 5.10 Å². The van der Waals surface area contributed by atoms with Gasteiger partial charge in [0.25, 0.3) is 5.91 Å². The molecule has 0 atom stereocenters. The number of hydrogen-bond acceptors (Lipinski definition) is 4. The smallest absolute Gasteiger partial charge is 0.272 e. The number of aromatic nitrogens is 2. The number of benzene rings is 1. The van der Waals surface area contributed by atoms with Crippen molar-refractivity contribution in [3.8, 4) is 5.69 Å². The summed E-state index contributed by atoms with van der Waals surface area (Å²) in [7, 11) is 0. The van der Waals surface area contributed by atoms with Crippen LogP contribution in [0.2, 0.25) is 0 Å². The van der Waals surface area contributed by atoms with E-state index >= 15 is 0 Å². The fourth-order valence-electron chi connectivity index (χ4n) is 1.88. The summed E-state index contributed by atoms with van der Waals surface area (Å²) in [6.45, 7) is 0.407. The zero-order valence-electron chi connectivity index (χ0n) is 11.2. The van der Waals surface area contributed by atoms with Gasteiger partial charge < -0.3 is 15.5 Å². The van der Waals surface area contributed by atoms with Crippen LogP contribution in [0.3, 0.4) is 0 Å². The molecule has 3 aromatic rings. The molecule has 106 valence electrons. The summed E-state index contributed by atoms with van der Waals surface area (Å²) in [4.78, 5) is 12.0. The highest BCUT2D eigenvalue weighted by molar-refractivity contribution is 5.92. The molecule has 0 aliphatic carbocycles. The molecule has 0 radical (unpaired) electrons. The molecule has 2 heterocycles. The summed E-state index contributed by atoms with van der Waals surface area (Å²) in [5.74, 6) is -0.231. The number of carbonyl (C=O) groups is 1. The van der Waals surface area contributed by atoms with Crippen molar-refractivity contribution in [1.29, 1.82) is 0 Å². The topological polar surface area (TPSA) is 86.1 Å². The van der Waals surface area contributed by atoms with Crippen molar-refractivity contribution in [3.63, 3.8) is 0 Å². The van der Waals surface area contributed by atoms with Gasteiger partial charge in [0.1, 0.15) is 0 Å². The van der Waals surface area contributed by atoms with E-state index in [1.54, 1.807) is 47.7 Å². The van der Waals surface area contributed by atoms with E-state index in [-0.39, 0.29) is 5.91 Å². The highest BCUT2D eigenvalue weighted by atomic mass is 16.3. The number of nitrogens with two attached hydrogens (primary N) is 1. The predicted molar refractivity (Wildman–Crippen MR) is 77.9 cm³/mol. The van der Waals surface area contributed by atoms with Crippen LogP contribution in [-0.4, -0.2) is 15.7 Å². The molecular formula is C15H14N4O2. The van der Waals surface area contributed by atoms with E-state index in [1.165, 1.54) is 0 Å². The van der Waals surface area contributed by atoms with Crippen molar-refractivity contribution in [3.05, 3.63) is 66.4 Å². The number of rotatable bonds is 4. The average Bonchev–Trinajstić information content (AvgIpc) is 3.17. The summed E-state index contributed by atoms with van der Waals surface area (Å²) < 4.78 is 6.57. The van der Waals surface area contributed by atoms with Crippen molar-refractivity contribution in [2.75, 3.05) is 5.73 Å². The highest BCUT2D eigenvalue weighted by Gasteiger charge is 2.10. The van der Waals surface area contributed by atoms with Gasteiger partial charge in [0.2, 0.25) is 0 Å². The molecule has 21 heavy (non-hydrogen) atoms. The van der Waals surface area contributed by atoms with Gasteiger partial charge in [0, 0.05) is 24.0 Å². The SMILES string of the molecule is Nc1ccc(-n2ccc(C(=O)NCc3ccoc3)n2)cc1. The fraction of sp³-hybridized carbons (Fsp3) is 0.0667. The first-order valence-electron chi connectivity index (χ1n) is 6.43. The number of hydrogen-bond donors (Lipinski definition) is 2. The molecule has 0 fully saturated rings. The molecule has 1 aromatic carbocycles. The Bertz CT molecular complexity index is 729. The van der Waals surface area contributed by atoms with Gasteiger partial charge in [-0.05, 0) is 36.4 Å². The molecule has 3 N–H and O–H groups in total. The van der Waals surface area contributed by atoms with E-state index in [1.807, 2.05) is 12.1 Å². The summed E-state index contributed by atoms with van der Waals surface area (Å²) in [5.41, 5.74) is 8.43. The first-order chi connectivity index (χ1) is 10.2. The molecule has 6 nitrogen and oxygen atoms in total. The number of furan rings is 1. The molecule has 0 saturated heterocycles. The zero-order chi connectivity index (χ0) is 14.7. The molecule has 0 spiro atoms. The van der Waals surface area contributed by atoms with Crippen LogP contribution in [0.1, 0.15) is 16.1 Å². The summed E-state index contributed by atoms with van der Waals surface area (Å²) >= 11 is 0. The molecular weight excluding hydrogens is 268 g/mol. The van der Waals surface area contributed by atoms with Crippen LogP contribution in [0.15, 0.2) is 59.5 Å². The molecule has 0 unspecified atom stereocenters. The molecule has 0 saturated carbocycles. The van der Waals surface area contributed by atoms with Gasteiger partial charge in [-0.3, -0.25) is 4.79 Å². The van der Waals surface area contributed by atoms with Gasteiger partial charge in [0.05, 0.1) is 18.2 Å². The first-order valence-corrected chi connectivity index (χ1v) is 6.43. The Kier molecular flexibility index (Phi) is 3.42. The minimum absolute atomic E-state index is 0.231. The zero-order valence-corrected chi connectivity index (χ0v) is 11.2. The minimum atomic E-state index is -0.231. The van der Waals surface area contributed by atoms with Gasteiger partial charge in [-0.1, -0.05) is 0 Å². The second kappa shape index (κ2) is 5.54. The molecule has 0 aliphatic heterocycles. The Morgan fingerprint density at radius 1 is 1.24 bits per heavy atom. The van der Waals surface area contributed by atoms with E-state index < -0.39 is 0 Å². The third-order valence-corrected chi connectivity index (χ3v) is 3.01. The van der Waals surface area contributed by atoms with Crippen LogP contribution in [0.4, 0.5) is 5.69 Å². The maximum absolute atomic E-state index is 12.0. The Hall–Kier alpha value is -3.02. The Balaban J connectivity index is 1.69. The van der Waals surface area contributed by atoms with E-state index in [0.717, 1.165) is 11.3 Å². The number of amides is 1. The lowest BCUT2D eigenvalue weighted by Gasteiger charge is -2.02. The number of anilines is 1. The molecule has 0 bridgehead atoms. The minimum Gasteiger partial charge on any atom is -0.472 e. The normalized spacial score (nSPS) is 10.5. The Labute approximate surface area is 121 Å². The van der Waals surface area contributed by atoms with Crippen LogP contribution in [-0.2, 0) is 6.54 Å². The average molecular weight is 282 g/mol. The third kappa shape index (κ3) is 2.94. The van der Waals surface area contributed by atoms with E-state index in [4.69, 9.17) is 10.2 Å². The van der Waals surface area contributed by atoms with Crippen LogP contribution in [0, 0.1) is 0 Å². The Morgan fingerprint density at radius 3 is 2.76 bits per heavy atom. The summed E-state index contributed by atoms with van der Waals surface area (Å²) in [6.07, 6.45) is 4.89. The van der Waals surface area contributed by atoms with Crippen molar-refractivity contribution in [2.24, 2.45) is 0 Å². The largest absolute Gasteiger partial charge is 0.472 e. The van der Waals surface area contributed by atoms with Crippen molar-refractivity contribution in [2.45, 2.75) is 6.54 Å². The van der Waals surface area contributed by atoms with Crippen LogP contribution < -0.4 is 11.1 Å².